The maximum Gasteiger partial charge on any atom is 0.0549 e. The van der Waals surface area contributed by atoms with Crippen LogP contribution in [0, 0.1) is 0 Å². The van der Waals surface area contributed by atoms with Gasteiger partial charge in [-0.25, -0.2) is 0 Å². The molecule has 2 aromatic heterocycles. The summed E-state index contributed by atoms with van der Waals surface area (Å²) in [5, 5.41) is 10.3. The van der Waals surface area contributed by atoms with Crippen LogP contribution in [-0.4, -0.2) is 9.13 Å². The first-order chi connectivity index (χ1) is 24.8. The number of hydrogen-bond donors (Lipinski definition) is 0. The summed E-state index contributed by atoms with van der Waals surface area (Å²) in [5.41, 5.74) is 12.1. The van der Waals surface area contributed by atoms with E-state index in [0.29, 0.717) is 0 Å². The van der Waals surface area contributed by atoms with Crippen molar-refractivity contribution in [2.75, 3.05) is 0 Å². The molecule has 0 aliphatic carbocycles. The molecule has 0 fully saturated rings. The lowest BCUT2D eigenvalue weighted by Crippen LogP contribution is -1.95. The van der Waals surface area contributed by atoms with Gasteiger partial charge >= 0.3 is 0 Å². The molecular formula is C48H30N2. The van der Waals surface area contributed by atoms with Gasteiger partial charge in [0, 0.05) is 32.9 Å². The van der Waals surface area contributed by atoms with Crippen molar-refractivity contribution in [3.05, 3.63) is 182 Å². The van der Waals surface area contributed by atoms with E-state index < -0.39 is 0 Å². The fraction of sp³-hybridized carbons (Fsp3) is 0. The fourth-order valence-electron chi connectivity index (χ4n) is 8.65. The molecule has 11 aromatic rings. The molecule has 2 nitrogen and oxygen atoms in total. The SMILES string of the molecule is c1ccc(-c2ccccc2-c2cccc(-n3c4cccc5c6ccccc6c6cccc7c6c6c(c54)c3ccc6n7-c3ccccc3)c2)cc1. The van der Waals surface area contributed by atoms with Crippen molar-refractivity contribution in [2.24, 2.45) is 0 Å². The number of hydrogen-bond acceptors (Lipinski definition) is 0. The van der Waals surface area contributed by atoms with Crippen molar-refractivity contribution in [1.82, 2.24) is 9.13 Å². The Morgan fingerprint density at radius 1 is 0.260 bits per heavy atom. The van der Waals surface area contributed by atoms with Crippen LogP contribution < -0.4 is 0 Å². The van der Waals surface area contributed by atoms with Crippen molar-refractivity contribution >= 4 is 65.2 Å². The molecule has 0 aliphatic heterocycles. The number of para-hydroxylation sites is 1. The topological polar surface area (TPSA) is 9.86 Å². The molecule has 232 valence electrons. The van der Waals surface area contributed by atoms with Crippen LogP contribution in [0.4, 0.5) is 0 Å². The summed E-state index contributed by atoms with van der Waals surface area (Å²) in [6.07, 6.45) is 0. The second-order valence-electron chi connectivity index (χ2n) is 13.3. The summed E-state index contributed by atoms with van der Waals surface area (Å²) >= 11 is 0. The van der Waals surface area contributed by atoms with E-state index in [4.69, 9.17) is 0 Å². The van der Waals surface area contributed by atoms with Gasteiger partial charge in [-0.2, -0.15) is 0 Å². The molecule has 0 N–H and O–H groups in total. The zero-order valence-electron chi connectivity index (χ0n) is 27.2. The van der Waals surface area contributed by atoms with Crippen LogP contribution in [0.1, 0.15) is 0 Å². The monoisotopic (exact) mass is 634 g/mol. The first-order valence-corrected chi connectivity index (χ1v) is 17.3. The molecule has 2 heteroatoms. The second kappa shape index (κ2) is 10.4. The van der Waals surface area contributed by atoms with Gasteiger partial charge in [0.25, 0.3) is 0 Å². The quantitative estimate of drug-likeness (QED) is 0.182. The summed E-state index contributed by atoms with van der Waals surface area (Å²) in [6, 6.07) is 66.6. The van der Waals surface area contributed by atoms with Gasteiger partial charge in [0.15, 0.2) is 0 Å². The number of rotatable bonds is 4. The number of benzene rings is 8. The van der Waals surface area contributed by atoms with Gasteiger partial charge in [0.05, 0.1) is 22.1 Å². The van der Waals surface area contributed by atoms with Crippen LogP contribution in [0.2, 0.25) is 0 Å². The number of aromatic nitrogens is 2. The maximum atomic E-state index is 2.49. The zero-order chi connectivity index (χ0) is 32.8. The predicted molar refractivity (Wildman–Crippen MR) is 212 cm³/mol. The molecule has 0 saturated heterocycles. The summed E-state index contributed by atoms with van der Waals surface area (Å²) < 4.78 is 4.94. The zero-order valence-corrected chi connectivity index (χ0v) is 27.2. The number of nitrogens with zero attached hydrogens (tertiary/aromatic N) is 2. The Morgan fingerprint density at radius 3 is 1.30 bits per heavy atom. The van der Waals surface area contributed by atoms with Gasteiger partial charge in [-0.1, -0.05) is 133 Å². The van der Waals surface area contributed by atoms with Crippen molar-refractivity contribution in [3.63, 3.8) is 0 Å². The molecule has 2 heterocycles. The van der Waals surface area contributed by atoms with Crippen LogP contribution in [-0.2, 0) is 0 Å². The third-order valence-corrected chi connectivity index (χ3v) is 10.7. The molecule has 50 heavy (non-hydrogen) atoms. The van der Waals surface area contributed by atoms with E-state index in [1.54, 1.807) is 0 Å². The Morgan fingerprint density at radius 2 is 0.680 bits per heavy atom. The van der Waals surface area contributed by atoms with Crippen LogP contribution >= 0.6 is 0 Å². The van der Waals surface area contributed by atoms with Crippen molar-refractivity contribution in [1.29, 1.82) is 0 Å². The molecular weight excluding hydrogens is 605 g/mol. The standard InChI is InChI=1S/C48H30N2/c1-3-14-31(15-4-1)35-20-7-8-21-36(35)32-16-11-19-34(30-32)50-42-27-13-25-40-38-23-10-9-22-37(38)39-24-12-26-41-45(39)47-43(28-29-44(50)48(47)46(40)42)49(41)33-17-5-2-6-18-33/h1-30H. The molecule has 0 bridgehead atoms. The van der Waals surface area contributed by atoms with Gasteiger partial charge in [0.1, 0.15) is 0 Å². The average molecular weight is 635 g/mol. The molecule has 0 spiro atoms. The van der Waals surface area contributed by atoms with Gasteiger partial charge in [-0.05, 0) is 92.3 Å². The van der Waals surface area contributed by atoms with Gasteiger partial charge in [-0.3, -0.25) is 0 Å². The number of fused-ring (bicyclic) bond motifs is 3. The summed E-state index contributed by atoms with van der Waals surface area (Å²) in [4.78, 5) is 0. The molecule has 0 radical (unpaired) electrons. The summed E-state index contributed by atoms with van der Waals surface area (Å²) in [6.45, 7) is 0. The lowest BCUT2D eigenvalue weighted by Gasteiger charge is -2.13. The highest BCUT2D eigenvalue weighted by molar-refractivity contribution is 6.39. The Hall–Kier alpha value is -6.64. The van der Waals surface area contributed by atoms with Crippen LogP contribution in [0.3, 0.4) is 0 Å². The van der Waals surface area contributed by atoms with E-state index in [1.165, 1.54) is 93.1 Å². The van der Waals surface area contributed by atoms with Crippen LogP contribution in [0.5, 0.6) is 0 Å². The Labute approximate surface area is 289 Å². The first-order valence-electron chi connectivity index (χ1n) is 17.3. The third kappa shape index (κ3) is 3.73. The first kappa shape index (κ1) is 27.3. The Bertz CT molecular complexity index is 3070. The molecule has 0 amide bonds. The average Bonchev–Trinajstić information content (AvgIpc) is 3.71. The predicted octanol–water partition coefficient (Wildman–Crippen LogP) is 13.0. The Kier molecular flexibility index (Phi) is 5.70. The summed E-state index contributed by atoms with van der Waals surface area (Å²) in [7, 11) is 0. The van der Waals surface area contributed by atoms with Crippen LogP contribution in [0.15, 0.2) is 182 Å². The minimum atomic E-state index is 1.15. The lowest BCUT2D eigenvalue weighted by atomic mass is 9.94. The van der Waals surface area contributed by atoms with Crippen LogP contribution in [0.25, 0.3) is 98.8 Å². The smallest absolute Gasteiger partial charge is 0.0549 e. The lowest BCUT2D eigenvalue weighted by molar-refractivity contribution is 1.17. The fourth-order valence-corrected chi connectivity index (χ4v) is 8.65. The van der Waals surface area contributed by atoms with Gasteiger partial charge in [-0.15, -0.1) is 0 Å². The third-order valence-electron chi connectivity index (χ3n) is 10.7. The van der Waals surface area contributed by atoms with E-state index in [1.807, 2.05) is 0 Å². The van der Waals surface area contributed by atoms with Crippen molar-refractivity contribution in [3.8, 4) is 33.6 Å². The molecule has 0 aliphatic rings. The van der Waals surface area contributed by atoms with Gasteiger partial charge < -0.3 is 9.13 Å². The molecule has 0 unspecified atom stereocenters. The normalized spacial score (nSPS) is 12.0. The second-order valence-corrected chi connectivity index (χ2v) is 13.3. The highest BCUT2D eigenvalue weighted by Crippen LogP contribution is 2.48. The minimum absolute atomic E-state index is 1.15. The maximum absolute atomic E-state index is 2.49. The van der Waals surface area contributed by atoms with E-state index in [2.05, 4.69) is 191 Å². The van der Waals surface area contributed by atoms with E-state index >= 15 is 0 Å². The molecule has 9 aromatic carbocycles. The summed E-state index contributed by atoms with van der Waals surface area (Å²) in [5.74, 6) is 0. The Balaban J connectivity index is 1.31. The minimum Gasteiger partial charge on any atom is -0.309 e. The molecule has 0 atom stereocenters. The van der Waals surface area contributed by atoms with Crippen molar-refractivity contribution in [2.45, 2.75) is 0 Å². The highest BCUT2D eigenvalue weighted by atomic mass is 15.0. The van der Waals surface area contributed by atoms with Crippen molar-refractivity contribution < 1.29 is 0 Å². The molecule has 11 rings (SSSR count). The molecule has 0 saturated carbocycles. The highest BCUT2D eigenvalue weighted by Gasteiger charge is 2.24. The van der Waals surface area contributed by atoms with E-state index in [-0.39, 0.29) is 0 Å². The van der Waals surface area contributed by atoms with Gasteiger partial charge in [0.2, 0.25) is 0 Å². The van der Waals surface area contributed by atoms with E-state index in [0.717, 1.165) is 5.69 Å². The largest absolute Gasteiger partial charge is 0.309 e. The van der Waals surface area contributed by atoms with E-state index in [9.17, 15) is 0 Å².